The molecule has 1 aromatic carbocycles. The highest BCUT2D eigenvalue weighted by Crippen LogP contribution is 2.26. The topological polar surface area (TPSA) is 67.4 Å². The third-order valence-corrected chi connectivity index (χ3v) is 4.47. The first-order chi connectivity index (χ1) is 9.89. The van der Waals surface area contributed by atoms with Gasteiger partial charge in [-0.1, -0.05) is 12.8 Å². The van der Waals surface area contributed by atoms with Crippen molar-refractivity contribution >= 4 is 21.4 Å². The van der Waals surface area contributed by atoms with E-state index in [0.717, 1.165) is 30.3 Å². The van der Waals surface area contributed by atoms with E-state index in [1.54, 1.807) is 13.2 Å². The predicted molar refractivity (Wildman–Crippen MR) is 86.3 cm³/mol. The summed E-state index contributed by atoms with van der Waals surface area (Å²) in [5, 5.41) is 3.51. The number of nitrogens with one attached hydrogen (secondary N) is 2. The van der Waals surface area contributed by atoms with Crippen molar-refractivity contribution in [1.29, 1.82) is 0 Å². The number of hydrogen-bond donors (Lipinski definition) is 2. The van der Waals surface area contributed by atoms with Crippen LogP contribution < -0.4 is 10.0 Å². The Labute approximate surface area is 127 Å². The van der Waals surface area contributed by atoms with Crippen LogP contribution in [0.25, 0.3) is 0 Å². The highest BCUT2D eigenvalue weighted by molar-refractivity contribution is 7.92. The maximum Gasteiger partial charge on any atom is 0.229 e. The molecular formula is C15H24N2O3S. The van der Waals surface area contributed by atoms with Crippen LogP contribution in [-0.2, 0) is 14.8 Å². The van der Waals surface area contributed by atoms with Crippen LogP contribution in [-0.4, -0.2) is 33.9 Å². The maximum atomic E-state index is 11.3. The molecule has 2 rings (SSSR count). The third-order valence-electron chi connectivity index (χ3n) is 3.88. The zero-order valence-electron chi connectivity index (χ0n) is 12.8. The van der Waals surface area contributed by atoms with Crippen molar-refractivity contribution in [1.82, 2.24) is 0 Å². The highest BCUT2D eigenvalue weighted by atomic mass is 32.2. The fourth-order valence-corrected chi connectivity index (χ4v) is 3.45. The van der Waals surface area contributed by atoms with Crippen LogP contribution in [0.15, 0.2) is 18.2 Å². The number of ether oxygens (including phenoxy) is 1. The molecule has 2 atom stereocenters. The molecule has 1 aromatic rings. The van der Waals surface area contributed by atoms with E-state index < -0.39 is 10.0 Å². The first-order valence-electron chi connectivity index (χ1n) is 7.27. The number of sulfonamides is 1. The Morgan fingerprint density at radius 1 is 1.24 bits per heavy atom. The fraction of sp³-hybridized carbons (Fsp3) is 0.600. The number of rotatable bonds is 5. The van der Waals surface area contributed by atoms with Crippen LogP contribution in [0.2, 0.25) is 0 Å². The summed E-state index contributed by atoms with van der Waals surface area (Å²) >= 11 is 0. The average Bonchev–Trinajstić information content (AvgIpc) is 2.41. The summed E-state index contributed by atoms with van der Waals surface area (Å²) in [5.41, 5.74) is 2.52. The molecule has 1 fully saturated rings. The second-order valence-corrected chi connectivity index (χ2v) is 7.46. The number of methoxy groups -OCH3 is 1. The van der Waals surface area contributed by atoms with Gasteiger partial charge in [-0.15, -0.1) is 0 Å². The van der Waals surface area contributed by atoms with Gasteiger partial charge >= 0.3 is 0 Å². The van der Waals surface area contributed by atoms with Gasteiger partial charge in [0.25, 0.3) is 0 Å². The van der Waals surface area contributed by atoms with Crippen molar-refractivity contribution in [3.63, 3.8) is 0 Å². The second-order valence-electron chi connectivity index (χ2n) is 5.71. The standard InChI is InChI=1S/C15H24N2O3S/c1-11-10-12(8-9-13(11)17-21(3,18)19)16-14-6-4-5-7-15(14)20-2/h8-10,14-17H,4-7H2,1-3H3. The van der Waals surface area contributed by atoms with E-state index in [-0.39, 0.29) is 6.10 Å². The molecule has 0 radical (unpaired) electrons. The smallest absolute Gasteiger partial charge is 0.229 e. The first-order valence-corrected chi connectivity index (χ1v) is 9.16. The summed E-state index contributed by atoms with van der Waals surface area (Å²) in [5.74, 6) is 0. The minimum Gasteiger partial charge on any atom is -0.380 e. The number of benzene rings is 1. The average molecular weight is 312 g/mol. The quantitative estimate of drug-likeness (QED) is 0.877. The molecule has 0 heterocycles. The van der Waals surface area contributed by atoms with Gasteiger partial charge in [-0.2, -0.15) is 0 Å². The van der Waals surface area contributed by atoms with Gasteiger partial charge in [0, 0.05) is 12.8 Å². The molecular weight excluding hydrogens is 288 g/mol. The van der Waals surface area contributed by atoms with E-state index in [9.17, 15) is 8.42 Å². The van der Waals surface area contributed by atoms with E-state index >= 15 is 0 Å². The summed E-state index contributed by atoms with van der Waals surface area (Å²) in [4.78, 5) is 0. The largest absolute Gasteiger partial charge is 0.380 e. The Morgan fingerprint density at radius 3 is 2.57 bits per heavy atom. The molecule has 0 aliphatic heterocycles. The molecule has 2 N–H and O–H groups in total. The van der Waals surface area contributed by atoms with Crippen molar-refractivity contribution in [2.24, 2.45) is 0 Å². The minimum absolute atomic E-state index is 0.243. The number of hydrogen-bond acceptors (Lipinski definition) is 4. The Kier molecular flexibility index (Phi) is 5.11. The lowest BCUT2D eigenvalue weighted by Gasteiger charge is -2.32. The van der Waals surface area contributed by atoms with Gasteiger partial charge in [-0.3, -0.25) is 4.72 Å². The van der Waals surface area contributed by atoms with Crippen molar-refractivity contribution < 1.29 is 13.2 Å². The van der Waals surface area contributed by atoms with Crippen molar-refractivity contribution in [2.45, 2.75) is 44.8 Å². The van der Waals surface area contributed by atoms with Crippen molar-refractivity contribution in [2.75, 3.05) is 23.4 Å². The molecule has 0 amide bonds. The molecule has 1 aliphatic carbocycles. The molecule has 6 heteroatoms. The summed E-state index contributed by atoms with van der Waals surface area (Å²) in [7, 11) is -1.48. The SMILES string of the molecule is COC1CCCCC1Nc1ccc(NS(C)(=O)=O)c(C)c1. The molecule has 0 bridgehead atoms. The fourth-order valence-electron chi connectivity index (χ4n) is 2.83. The third kappa shape index (κ3) is 4.61. The van der Waals surface area contributed by atoms with Crippen molar-refractivity contribution in [3.05, 3.63) is 23.8 Å². The summed E-state index contributed by atoms with van der Waals surface area (Å²) in [6, 6.07) is 5.98. The molecule has 1 aliphatic rings. The van der Waals surface area contributed by atoms with Crippen LogP contribution in [0.4, 0.5) is 11.4 Å². The van der Waals surface area contributed by atoms with Crippen LogP contribution in [0, 0.1) is 6.92 Å². The monoisotopic (exact) mass is 312 g/mol. The van der Waals surface area contributed by atoms with Gasteiger partial charge in [-0.05, 0) is 43.5 Å². The highest BCUT2D eigenvalue weighted by Gasteiger charge is 2.24. The van der Waals surface area contributed by atoms with Gasteiger partial charge in [0.15, 0.2) is 0 Å². The number of aryl methyl sites for hydroxylation is 1. The Balaban J connectivity index is 2.09. The van der Waals surface area contributed by atoms with Crippen LogP contribution in [0.5, 0.6) is 0 Å². The molecule has 5 nitrogen and oxygen atoms in total. The molecule has 118 valence electrons. The lowest BCUT2D eigenvalue weighted by molar-refractivity contribution is 0.0606. The summed E-state index contributed by atoms with van der Waals surface area (Å²) in [6.07, 6.45) is 6.01. The molecule has 0 saturated heterocycles. The first kappa shape index (κ1) is 16.1. The van der Waals surface area contributed by atoms with Crippen LogP contribution in [0.1, 0.15) is 31.2 Å². The van der Waals surface area contributed by atoms with Crippen LogP contribution in [0.3, 0.4) is 0 Å². The molecule has 21 heavy (non-hydrogen) atoms. The molecule has 0 spiro atoms. The summed E-state index contributed by atoms with van der Waals surface area (Å²) < 4.78 is 30.6. The van der Waals surface area contributed by atoms with Crippen LogP contribution >= 0.6 is 0 Å². The van der Waals surface area contributed by atoms with E-state index in [0.29, 0.717) is 11.7 Å². The van der Waals surface area contributed by atoms with E-state index in [2.05, 4.69) is 10.0 Å². The molecule has 2 unspecified atom stereocenters. The van der Waals surface area contributed by atoms with Gasteiger partial charge in [0.2, 0.25) is 10.0 Å². The lowest BCUT2D eigenvalue weighted by Crippen LogP contribution is -2.37. The number of anilines is 2. The van der Waals surface area contributed by atoms with Gasteiger partial charge in [0.1, 0.15) is 0 Å². The minimum atomic E-state index is -3.24. The van der Waals surface area contributed by atoms with E-state index in [4.69, 9.17) is 4.74 Å². The summed E-state index contributed by atoms with van der Waals surface area (Å²) in [6.45, 7) is 1.90. The van der Waals surface area contributed by atoms with Gasteiger partial charge < -0.3 is 10.1 Å². The zero-order chi connectivity index (χ0) is 15.5. The Hall–Kier alpha value is -1.27. The molecule has 1 saturated carbocycles. The van der Waals surface area contributed by atoms with Gasteiger partial charge in [-0.25, -0.2) is 8.42 Å². The molecule has 0 aromatic heterocycles. The van der Waals surface area contributed by atoms with Gasteiger partial charge in [0.05, 0.1) is 24.1 Å². The zero-order valence-corrected chi connectivity index (χ0v) is 13.7. The van der Waals surface area contributed by atoms with E-state index in [1.807, 2.05) is 19.1 Å². The maximum absolute atomic E-state index is 11.3. The van der Waals surface area contributed by atoms with Crippen molar-refractivity contribution in [3.8, 4) is 0 Å². The Bertz CT molecular complexity index is 587. The second kappa shape index (κ2) is 6.66. The Morgan fingerprint density at radius 2 is 1.95 bits per heavy atom. The predicted octanol–water partition coefficient (Wildman–Crippen LogP) is 2.74. The van der Waals surface area contributed by atoms with E-state index in [1.165, 1.54) is 12.8 Å². The lowest BCUT2D eigenvalue weighted by atomic mass is 9.92. The normalized spacial score (nSPS) is 22.8.